The number of alkyl halides is 3. The minimum atomic E-state index is -4.75. The van der Waals surface area contributed by atoms with Crippen LogP contribution in [0.1, 0.15) is 34.0 Å². The van der Waals surface area contributed by atoms with Gasteiger partial charge in [0, 0.05) is 38.0 Å². The molecule has 0 aliphatic carbocycles. The molecule has 9 nitrogen and oxygen atoms in total. The average Bonchev–Trinajstić information content (AvgIpc) is 2.91. The number of nitrogens with one attached hydrogen (secondary N) is 2. The molecule has 3 aromatic rings. The molecule has 0 fully saturated rings. The number of phenols is 1. The van der Waals surface area contributed by atoms with E-state index in [9.17, 15) is 32.7 Å². The molecule has 1 amide bonds. The van der Waals surface area contributed by atoms with E-state index in [-0.39, 0.29) is 34.4 Å². The zero-order valence-corrected chi connectivity index (χ0v) is 20.9. The number of nitriles is 1. The first-order chi connectivity index (χ1) is 18.2. The number of carbonyl (C=O) groups excluding carboxylic acids is 2. The highest BCUT2D eigenvalue weighted by atomic mass is 19.4. The molecule has 3 rings (SSSR count). The van der Waals surface area contributed by atoms with E-state index in [1.807, 2.05) is 6.07 Å². The van der Waals surface area contributed by atoms with Gasteiger partial charge in [0.25, 0.3) is 0 Å². The molecule has 4 N–H and O–H groups in total. The predicted molar refractivity (Wildman–Crippen MR) is 138 cm³/mol. The van der Waals surface area contributed by atoms with Crippen LogP contribution >= 0.6 is 0 Å². The summed E-state index contributed by atoms with van der Waals surface area (Å²) in [7, 11) is 3.16. The van der Waals surface area contributed by atoms with Crippen molar-refractivity contribution in [1.82, 2.24) is 0 Å². The maximum absolute atomic E-state index is 13.4. The number of hydrogen-bond acceptors (Lipinski definition) is 7. The third-order valence-corrected chi connectivity index (χ3v) is 5.54. The van der Waals surface area contributed by atoms with Crippen molar-refractivity contribution in [3.8, 4) is 22.9 Å². The van der Waals surface area contributed by atoms with Crippen molar-refractivity contribution in [2.24, 2.45) is 0 Å². The van der Waals surface area contributed by atoms with Gasteiger partial charge in [-0.25, -0.2) is 4.79 Å². The van der Waals surface area contributed by atoms with Crippen LogP contribution in [0.2, 0.25) is 0 Å². The van der Waals surface area contributed by atoms with Gasteiger partial charge in [-0.15, -0.1) is 0 Å². The fourth-order valence-corrected chi connectivity index (χ4v) is 3.40. The number of carbonyl (C=O) groups is 3. The number of rotatable bonds is 6. The molecule has 12 heteroatoms. The Morgan fingerprint density at radius 2 is 1.69 bits per heavy atom. The van der Waals surface area contributed by atoms with Crippen LogP contribution in [-0.2, 0) is 15.8 Å². The summed E-state index contributed by atoms with van der Waals surface area (Å²) in [5, 5.41) is 37.3. The molecule has 0 unspecified atom stereocenters. The van der Waals surface area contributed by atoms with Crippen LogP contribution in [-0.4, -0.2) is 48.2 Å². The molecule has 0 spiro atoms. The fraction of sp³-hybridized carbons (Fsp3) is 0.148. The summed E-state index contributed by atoms with van der Waals surface area (Å²) in [6.45, 7) is 1.35. The molecular formula is C27H23F3N4O5. The Morgan fingerprint density at radius 3 is 2.15 bits per heavy atom. The molecule has 0 heterocycles. The zero-order valence-electron chi connectivity index (χ0n) is 20.9. The maximum atomic E-state index is 13.4. The quantitative estimate of drug-likeness (QED) is 0.255. The van der Waals surface area contributed by atoms with Crippen LogP contribution in [0.4, 0.5) is 24.5 Å². The van der Waals surface area contributed by atoms with Crippen molar-refractivity contribution in [2.75, 3.05) is 24.3 Å². The summed E-state index contributed by atoms with van der Waals surface area (Å²) in [5.74, 6) is -2.08. The minimum Gasteiger partial charge on any atom is -0.507 e. The van der Waals surface area contributed by atoms with Crippen LogP contribution in [0.5, 0.6) is 5.75 Å². The zero-order chi connectivity index (χ0) is 29.5. The van der Waals surface area contributed by atoms with Crippen molar-refractivity contribution in [3.63, 3.8) is 0 Å². The van der Waals surface area contributed by atoms with Gasteiger partial charge in [-0.3, -0.25) is 15.0 Å². The number of hydrogen-bond donors (Lipinski definition) is 4. The second kappa shape index (κ2) is 12.4. The molecule has 202 valence electrons. The van der Waals surface area contributed by atoms with Gasteiger partial charge in [-0.05, 0) is 53.6 Å². The Hall–Kier alpha value is -5.18. The van der Waals surface area contributed by atoms with Crippen molar-refractivity contribution in [1.29, 1.82) is 10.7 Å². The molecule has 0 radical (unpaired) electrons. The van der Waals surface area contributed by atoms with E-state index in [1.165, 1.54) is 49.2 Å². The SMILES string of the molecule is CC(=O)N(C)c1ccc(-c2cc(C(=N)C=O)c(O)cc2C(F)(F)F)cc1.CNc1ccc(C#N)cc1C(=O)O. The largest absolute Gasteiger partial charge is 0.507 e. The monoisotopic (exact) mass is 540 g/mol. The lowest BCUT2D eigenvalue weighted by Gasteiger charge is -2.18. The standard InChI is InChI=1S/C18H15F3N2O3.C9H8N2O2/c1-10(25)23(2)12-5-3-11(4-6-12)13-7-14(16(22)9-24)17(26)8-15(13)18(19,20)21;1-11-8-3-2-6(5-10)4-7(8)9(12)13/h3-9,22,26H,1-2H3;2-4,11H,1H3,(H,12,13). The Morgan fingerprint density at radius 1 is 1.08 bits per heavy atom. The first-order valence-corrected chi connectivity index (χ1v) is 11.0. The maximum Gasteiger partial charge on any atom is 0.417 e. The van der Waals surface area contributed by atoms with Gasteiger partial charge >= 0.3 is 12.1 Å². The van der Waals surface area contributed by atoms with Gasteiger partial charge in [0.2, 0.25) is 5.91 Å². The average molecular weight is 540 g/mol. The van der Waals surface area contributed by atoms with Crippen LogP contribution in [0, 0.1) is 16.7 Å². The third-order valence-electron chi connectivity index (χ3n) is 5.54. The summed E-state index contributed by atoms with van der Waals surface area (Å²) < 4.78 is 40.1. The molecule has 3 aromatic carbocycles. The lowest BCUT2D eigenvalue weighted by atomic mass is 9.94. The minimum absolute atomic E-state index is 0.113. The highest BCUT2D eigenvalue weighted by Gasteiger charge is 2.35. The van der Waals surface area contributed by atoms with Crippen molar-refractivity contribution < 1.29 is 37.8 Å². The van der Waals surface area contributed by atoms with Gasteiger partial charge in [0.1, 0.15) is 11.5 Å². The van der Waals surface area contributed by atoms with Gasteiger partial charge in [-0.2, -0.15) is 18.4 Å². The third kappa shape index (κ3) is 7.20. The van der Waals surface area contributed by atoms with E-state index >= 15 is 0 Å². The van der Waals surface area contributed by atoms with Crippen LogP contribution in [0.25, 0.3) is 11.1 Å². The molecule has 0 saturated carbocycles. The van der Waals surface area contributed by atoms with E-state index in [0.29, 0.717) is 23.0 Å². The normalized spacial score (nSPS) is 10.4. The highest BCUT2D eigenvalue weighted by Crippen LogP contribution is 2.41. The van der Waals surface area contributed by atoms with E-state index in [1.54, 1.807) is 19.2 Å². The Bertz CT molecular complexity index is 1460. The molecule has 0 bridgehead atoms. The van der Waals surface area contributed by atoms with E-state index in [0.717, 1.165) is 6.07 Å². The lowest BCUT2D eigenvalue weighted by Crippen LogP contribution is -2.22. The smallest absolute Gasteiger partial charge is 0.417 e. The fourth-order valence-electron chi connectivity index (χ4n) is 3.40. The van der Waals surface area contributed by atoms with Gasteiger partial charge in [0.15, 0.2) is 6.29 Å². The molecule has 39 heavy (non-hydrogen) atoms. The van der Waals surface area contributed by atoms with Crippen molar-refractivity contribution >= 4 is 35.2 Å². The number of aromatic hydroxyl groups is 1. The molecule has 0 saturated heterocycles. The lowest BCUT2D eigenvalue weighted by molar-refractivity contribution is -0.137. The van der Waals surface area contributed by atoms with Crippen molar-refractivity contribution in [2.45, 2.75) is 13.1 Å². The number of nitrogens with zero attached hydrogens (tertiary/aromatic N) is 2. The van der Waals surface area contributed by atoms with Gasteiger partial charge < -0.3 is 20.4 Å². The number of halogens is 3. The number of aldehydes is 1. The summed E-state index contributed by atoms with van der Waals surface area (Å²) in [6.07, 6.45) is -4.61. The number of phenolic OH excluding ortho intramolecular Hbond substituents is 1. The number of carboxylic acid groups (broad SMARTS) is 1. The summed E-state index contributed by atoms with van der Waals surface area (Å²) in [4.78, 5) is 34.2. The van der Waals surface area contributed by atoms with Crippen LogP contribution < -0.4 is 10.2 Å². The Kier molecular flexibility index (Phi) is 9.53. The summed E-state index contributed by atoms with van der Waals surface area (Å²) >= 11 is 0. The number of anilines is 2. The number of amides is 1. The first kappa shape index (κ1) is 30.0. The summed E-state index contributed by atoms with van der Waals surface area (Å²) in [6, 6.07) is 13.6. The van der Waals surface area contributed by atoms with Crippen molar-refractivity contribution in [3.05, 3.63) is 76.9 Å². The number of carboxylic acids is 1. The van der Waals surface area contributed by atoms with Gasteiger partial charge in [-0.1, -0.05) is 12.1 Å². The first-order valence-electron chi connectivity index (χ1n) is 11.0. The molecule has 0 aliphatic rings. The Balaban J connectivity index is 0.000000344. The Labute approximate surface area is 221 Å². The molecule has 0 aromatic heterocycles. The van der Waals surface area contributed by atoms with Crippen LogP contribution in [0.15, 0.2) is 54.6 Å². The second-order valence-electron chi connectivity index (χ2n) is 8.00. The highest BCUT2D eigenvalue weighted by molar-refractivity contribution is 6.35. The van der Waals surface area contributed by atoms with E-state index in [2.05, 4.69) is 5.32 Å². The molecular weight excluding hydrogens is 517 g/mol. The number of benzene rings is 3. The van der Waals surface area contributed by atoms with E-state index in [4.69, 9.17) is 15.8 Å². The molecule has 0 aliphatic heterocycles. The van der Waals surface area contributed by atoms with Gasteiger partial charge in [0.05, 0.1) is 22.8 Å². The predicted octanol–water partition coefficient (Wildman–Crippen LogP) is 4.93. The topological polar surface area (TPSA) is 155 Å². The molecule has 0 atom stereocenters. The van der Waals surface area contributed by atoms with E-state index < -0.39 is 29.2 Å². The second-order valence-corrected chi connectivity index (χ2v) is 8.00. The summed E-state index contributed by atoms with van der Waals surface area (Å²) in [5.41, 5.74) is -0.686. The van der Waals surface area contributed by atoms with Crippen LogP contribution in [0.3, 0.4) is 0 Å². The number of aromatic carboxylic acids is 1.